The van der Waals surface area contributed by atoms with E-state index in [2.05, 4.69) is 26.3 Å². The van der Waals surface area contributed by atoms with Crippen LogP contribution in [0.15, 0.2) is 41.0 Å². The summed E-state index contributed by atoms with van der Waals surface area (Å²) in [5, 5.41) is 7.31. The second-order valence-electron chi connectivity index (χ2n) is 2.88. The molecule has 0 bridgehead atoms. The standard InChI is InChI=1S/C10H10BrN3/c1-12-10-5-6-14(13-10)9-4-2-3-8(11)7-9/h2-7H,1H3,(H,12,13). The molecule has 0 atom stereocenters. The van der Waals surface area contributed by atoms with E-state index in [1.165, 1.54) is 0 Å². The Balaban J connectivity index is 2.39. The Labute approximate surface area is 90.9 Å². The zero-order valence-corrected chi connectivity index (χ0v) is 9.32. The molecule has 0 saturated carbocycles. The monoisotopic (exact) mass is 251 g/mol. The fourth-order valence-corrected chi connectivity index (χ4v) is 1.61. The molecule has 0 amide bonds. The van der Waals surface area contributed by atoms with Crippen LogP contribution in [0.3, 0.4) is 0 Å². The van der Waals surface area contributed by atoms with Gasteiger partial charge in [-0.25, -0.2) is 4.68 Å². The van der Waals surface area contributed by atoms with Gasteiger partial charge in [0.1, 0.15) is 5.82 Å². The molecular formula is C10H10BrN3. The maximum absolute atomic E-state index is 4.32. The molecule has 1 N–H and O–H groups in total. The first-order chi connectivity index (χ1) is 6.79. The predicted octanol–water partition coefficient (Wildman–Crippen LogP) is 2.68. The predicted molar refractivity (Wildman–Crippen MR) is 60.8 cm³/mol. The third-order valence-electron chi connectivity index (χ3n) is 1.92. The quantitative estimate of drug-likeness (QED) is 0.890. The van der Waals surface area contributed by atoms with E-state index in [-0.39, 0.29) is 0 Å². The summed E-state index contributed by atoms with van der Waals surface area (Å²) < 4.78 is 2.88. The molecule has 14 heavy (non-hydrogen) atoms. The minimum absolute atomic E-state index is 0.866. The highest BCUT2D eigenvalue weighted by molar-refractivity contribution is 9.10. The van der Waals surface area contributed by atoms with Crippen molar-refractivity contribution in [3.8, 4) is 5.69 Å². The highest BCUT2D eigenvalue weighted by Gasteiger charge is 1.99. The van der Waals surface area contributed by atoms with E-state index in [0.717, 1.165) is 16.0 Å². The molecule has 0 aliphatic rings. The summed E-state index contributed by atoms with van der Waals surface area (Å²) in [6, 6.07) is 9.94. The van der Waals surface area contributed by atoms with Crippen molar-refractivity contribution in [1.29, 1.82) is 0 Å². The molecule has 1 heterocycles. The molecule has 0 unspecified atom stereocenters. The summed E-state index contributed by atoms with van der Waals surface area (Å²) in [7, 11) is 1.85. The summed E-state index contributed by atoms with van der Waals surface area (Å²) >= 11 is 3.43. The number of hydrogen-bond acceptors (Lipinski definition) is 2. The van der Waals surface area contributed by atoms with Crippen LogP contribution in [-0.4, -0.2) is 16.8 Å². The summed E-state index contributed by atoms with van der Waals surface area (Å²) in [5.41, 5.74) is 1.04. The molecule has 2 rings (SSSR count). The minimum atomic E-state index is 0.866. The van der Waals surface area contributed by atoms with Gasteiger partial charge < -0.3 is 5.32 Å². The van der Waals surface area contributed by atoms with Crippen LogP contribution in [0.1, 0.15) is 0 Å². The third kappa shape index (κ3) is 1.80. The molecule has 0 saturated heterocycles. The number of aromatic nitrogens is 2. The van der Waals surface area contributed by atoms with Crippen LogP contribution in [0.4, 0.5) is 5.82 Å². The lowest BCUT2D eigenvalue weighted by Gasteiger charge is -2.01. The molecule has 0 aliphatic heterocycles. The van der Waals surface area contributed by atoms with Gasteiger partial charge in [-0.2, -0.15) is 5.10 Å². The molecule has 4 heteroatoms. The van der Waals surface area contributed by atoms with Crippen LogP contribution in [0, 0.1) is 0 Å². The van der Waals surface area contributed by atoms with Gasteiger partial charge in [-0.05, 0) is 18.2 Å². The normalized spacial score (nSPS) is 10.1. The van der Waals surface area contributed by atoms with E-state index in [4.69, 9.17) is 0 Å². The molecule has 1 aromatic carbocycles. The summed E-state index contributed by atoms with van der Waals surface area (Å²) in [6.07, 6.45) is 1.92. The number of hydrogen-bond donors (Lipinski definition) is 1. The van der Waals surface area contributed by atoms with Crippen LogP contribution < -0.4 is 5.32 Å². The minimum Gasteiger partial charge on any atom is -0.372 e. The topological polar surface area (TPSA) is 29.9 Å². The smallest absolute Gasteiger partial charge is 0.148 e. The van der Waals surface area contributed by atoms with Gasteiger partial charge in [0.2, 0.25) is 0 Å². The second kappa shape index (κ2) is 3.84. The first-order valence-electron chi connectivity index (χ1n) is 4.29. The van der Waals surface area contributed by atoms with Crippen molar-refractivity contribution in [3.05, 3.63) is 41.0 Å². The molecule has 72 valence electrons. The second-order valence-corrected chi connectivity index (χ2v) is 3.79. The van der Waals surface area contributed by atoms with Crippen molar-refractivity contribution in [2.45, 2.75) is 0 Å². The zero-order valence-electron chi connectivity index (χ0n) is 7.74. The molecule has 0 radical (unpaired) electrons. The van der Waals surface area contributed by atoms with Gasteiger partial charge in [-0.1, -0.05) is 22.0 Å². The lowest BCUT2D eigenvalue weighted by molar-refractivity contribution is 0.882. The molecule has 3 nitrogen and oxygen atoms in total. The number of nitrogens with one attached hydrogen (secondary N) is 1. The van der Waals surface area contributed by atoms with E-state index >= 15 is 0 Å². The Morgan fingerprint density at radius 1 is 1.36 bits per heavy atom. The summed E-state index contributed by atoms with van der Waals surface area (Å²) in [4.78, 5) is 0. The van der Waals surface area contributed by atoms with Crippen LogP contribution in [0.5, 0.6) is 0 Å². The fraction of sp³-hybridized carbons (Fsp3) is 0.100. The third-order valence-corrected chi connectivity index (χ3v) is 2.41. The average molecular weight is 252 g/mol. The Morgan fingerprint density at radius 3 is 2.86 bits per heavy atom. The highest BCUT2D eigenvalue weighted by Crippen LogP contribution is 2.15. The number of anilines is 1. The lowest BCUT2D eigenvalue weighted by atomic mass is 10.3. The number of benzene rings is 1. The van der Waals surface area contributed by atoms with E-state index in [9.17, 15) is 0 Å². The largest absolute Gasteiger partial charge is 0.372 e. The maximum atomic E-state index is 4.32. The highest BCUT2D eigenvalue weighted by atomic mass is 79.9. The van der Waals surface area contributed by atoms with Gasteiger partial charge >= 0.3 is 0 Å². The van der Waals surface area contributed by atoms with Crippen molar-refractivity contribution < 1.29 is 0 Å². The van der Waals surface area contributed by atoms with Gasteiger partial charge in [0.25, 0.3) is 0 Å². The fourth-order valence-electron chi connectivity index (χ4n) is 1.22. The van der Waals surface area contributed by atoms with Crippen LogP contribution in [0.2, 0.25) is 0 Å². The van der Waals surface area contributed by atoms with Crippen LogP contribution >= 0.6 is 15.9 Å². The lowest BCUT2D eigenvalue weighted by Crippen LogP contribution is -1.96. The molecule has 2 aromatic rings. The molecule has 0 aliphatic carbocycles. The molecule has 0 spiro atoms. The first kappa shape index (κ1) is 9.27. The van der Waals surface area contributed by atoms with Crippen molar-refractivity contribution >= 4 is 21.7 Å². The Kier molecular flexibility index (Phi) is 2.54. The van der Waals surface area contributed by atoms with Crippen molar-refractivity contribution in [1.82, 2.24) is 9.78 Å². The van der Waals surface area contributed by atoms with Gasteiger partial charge in [0, 0.05) is 23.8 Å². The van der Waals surface area contributed by atoms with E-state index < -0.39 is 0 Å². The van der Waals surface area contributed by atoms with Gasteiger partial charge in [0.15, 0.2) is 0 Å². The SMILES string of the molecule is CNc1ccn(-c2cccc(Br)c2)n1. The van der Waals surface area contributed by atoms with Crippen LogP contribution in [-0.2, 0) is 0 Å². The summed E-state index contributed by atoms with van der Waals surface area (Å²) in [6.45, 7) is 0. The number of rotatable bonds is 2. The Bertz CT molecular complexity index is 436. The van der Waals surface area contributed by atoms with Gasteiger partial charge in [0.05, 0.1) is 5.69 Å². The van der Waals surface area contributed by atoms with Crippen molar-refractivity contribution in [3.63, 3.8) is 0 Å². The average Bonchev–Trinajstić information content (AvgIpc) is 2.66. The maximum Gasteiger partial charge on any atom is 0.148 e. The Morgan fingerprint density at radius 2 is 2.21 bits per heavy atom. The van der Waals surface area contributed by atoms with Crippen molar-refractivity contribution in [2.75, 3.05) is 12.4 Å². The molecular weight excluding hydrogens is 242 g/mol. The summed E-state index contributed by atoms with van der Waals surface area (Å²) in [5.74, 6) is 0.866. The van der Waals surface area contributed by atoms with Gasteiger partial charge in [-0.3, -0.25) is 0 Å². The molecule has 1 aromatic heterocycles. The molecule has 0 fully saturated rings. The van der Waals surface area contributed by atoms with Crippen LogP contribution in [0.25, 0.3) is 5.69 Å². The Hall–Kier alpha value is -1.29. The van der Waals surface area contributed by atoms with Gasteiger partial charge in [-0.15, -0.1) is 0 Å². The first-order valence-corrected chi connectivity index (χ1v) is 5.08. The number of halogens is 1. The number of nitrogens with zero attached hydrogens (tertiary/aromatic N) is 2. The van der Waals surface area contributed by atoms with Crippen molar-refractivity contribution in [2.24, 2.45) is 0 Å². The zero-order chi connectivity index (χ0) is 9.97. The van der Waals surface area contributed by atoms with E-state index in [1.54, 1.807) is 0 Å². The van der Waals surface area contributed by atoms with E-state index in [0.29, 0.717) is 0 Å². The van der Waals surface area contributed by atoms with E-state index in [1.807, 2.05) is 48.3 Å².